The molecule has 0 aliphatic rings. The first-order chi connectivity index (χ1) is 12.6. The van der Waals surface area contributed by atoms with Crippen LogP contribution in [0.15, 0.2) is 54.6 Å². The molecule has 0 fully saturated rings. The van der Waals surface area contributed by atoms with E-state index in [-0.39, 0.29) is 6.42 Å². The van der Waals surface area contributed by atoms with Crippen molar-refractivity contribution in [2.45, 2.75) is 32.3 Å². The fraction of sp³-hybridized carbons (Fsp3) is 0.300. The molecular weight excluding hydrogens is 332 g/mol. The zero-order chi connectivity index (χ0) is 18.8. The summed E-state index contributed by atoms with van der Waals surface area (Å²) in [5, 5.41) is 14.9. The Balaban J connectivity index is 1.98. The van der Waals surface area contributed by atoms with Crippen molar-refractivity contribution in [3.63, 3.8) is 0 Å². The van der Waals surface area contributed by atoms with Gasteiger partial charge in [0.25, 0.3) is 5.91 Å². The van der Waals surface area contributed by atoms with Crippen LogP contribution in [-0.2, 0) is 16.0 Å². The van der Waals surface area contributed by atoms with E-state index in [2.05, 4.69) is 17.6 Å². The molecule has 0 saturated carbocycles. The minimum Gasteiger partial charge on any atom is -0.450 e. The third-order valence-corrected chi connectivity index (χ3v) is 3.81. The van der Waals surface area contributed by atoms with Crippen LogP contribution in [0.4, 0.5) is 16.2 Å². The van der Waals surface area contributed by atoms with Crippen LogP contribution in [0, 0.1) is 0 Å². The minimum atomic E-state index is -1.48. The minimum absolute atomic E-state index is 0.176. The monoisotopic (exact) mass is 356 g/mol. The Kier molecular flexibility index (Phi) is 7.49. The van der Waals surface area contributed by atoms with Gasteiger partial charge >= 0.3 is 6.16 Å². The number of unbranched alkanes of at least 4 members (excludes halogenated alkanes) is 1. The lowest BCUT2D eigenvalue weighted by Crippen LogP contribution is -2.34. The van der Waals surface area contributed by atoms with E-state index in [0.717, 1.165) is 30.6 Å². The van der Waals surface area contributed by atoms with Crippen LogP contribution in [-0.4, -0.2) is 29.8 Å². The van der Waals surface area contributed by atoms with Crippen molar-refractivity contribution in [2.24, 2.45) is 0 Å². The van der Waals surface area contributed by atoms with Gasteiger partial charge in [-0.15, -0.1) is 0 Å². The number of rotatable bonds is 9. The number of hydrogen-bond donors (Lipinski definition) is 3. The topological polar surface area (TPSA) is 87.7 Å². The maximum Gasteiger partial charge on any atom is 0.506 e. The molecule has 26 heavy (non-hydrogen) atoms. The predicted octanol–water partition coefficient (Wildman–Crippen LogP) is 4.14. The molecule has 0 heterocycles. The van der Waals surface area contributed by atoms with Crippen LogP contribution in [0.3, 0.4) is 0 Å². The van der Waals surface area contributed by atoms with Gasteiger partial charge in [0.05, 0.1) is 0 Å². The van der Waals surface area contributed by atoms with Crippen LogP contribution in [0.1, 0.15) is 25.3 Å². The average Bonchev–Trinajstić information content (AvgIpc) is 2.63. The molecule has 0 radical (unpaired) electrons. The second-order valence-electron chi connectivity index (χ2n) is 5.91. The van der Waals surface area contributed by atoms with Crippen LogP contribution < -0.4 is 10.6 Å². The highest BCUT2D eigenvalue weighted by atomic mass is 16.7. The summed E-state index contributed by atoms with van der Waals surface area (Å²) in [6.07, 6.45) is -0.205. The molecule has 3 N–H and O–H groups in total. The third kappa shape index (κ3) is 6.47. The van der Waals surface area contributed by atoms with Gasteiger partial charge in [-0.1, -0.05) is 43.7 Å². The molecule has 2 aromatic carbocycles. The number of carbonyl (C=O) groups is 2. The first-order valence-corrected chi connectivity index (χ1v) is 8.66. The van der Waals surface area contributed by atoms with E-state index in [4.69, 9.17) is 9.84 Å². The Morgan fingerprint density at radius 3 is 2.31 bits per heavy atom. The highest BCUT2D eigenvalue weighted by Crippen LogP contribution is 2.15. The number of carboxylic acid groups (broad SMARTS) is 1. The fourth-order valence-electron chi connectivity index (χ4n) is 2.44. The van der Waals surface area contributed by atoms with E-state index >= 15 is 0 Å². The van der Waals surface area contributed by atoms with E-state index in [9.17, 15) is 9.59 Å². The van der Waals surface area contributed by atoms with E-state index in [0.29, 0.717) is 5.69 Å². The van der Waals surface area contributed by atoms with Crippen molar-refractivity contribution in [1.82, 2.24) is 0 Å². The lowest BCUT2D eigenvalue weighted by atomic mass is 10.1. The Bertz CT molecular complexity index is 702. The lowest BCUT2D eigenvalue weighted by Gasteiger charge is -2.16. The Morgan fingerprint density at radius 1 is 1.04 bits per heavy atom. The Hall–Kier alpha value is -3.02. The number of amides is 1. The van der Waals surface area contributed by atoms with Crippen molar-refractivity contribution in [3.05, 3.63) is 60.2 Å². The van der Waals surface area contributed by atoms with E-state index in [1.54, 1.807) is 12.1 Å². The van der Waals surface area contributed by atoms with Gasteiger partial charge in [-0.05, 0) is 36.2 Å². The lowest BCUT2D eigenvalue weighted by molar-refractivity contribution is -0.125. The summed E-state index contributed by atoms with van der Waals surface area (Å²) >= 11 is 0. The van der Waals surface area contributed by atoms with E-state index in [1.165, 1.54) is 0 Å². The van der Waals surface area contributed by atoms with Gasteiger partial charge in [-0.2, -0.15) is 0 Å². The summed E-state index contributed by atoms with van der Waals surface area (Å²) < 4.78 is 4.77. The van der Waals surface area contributed by atoms with Gasteiger partial charge in [0.2, 0.25) is 0 Å². The molecule has 138 valence electrons. The molecule has 2 aromatic rings. The normalized spacial score (nSPS) is 11.4. The molecule has 1 atom stereocenters. The van der Waals surface area contributed by atoms with Crippen molar-refractivity contribution >= 4 is 23.4 Å². The molecule has 0 aliphatic heterocycles. The molecule has 6 nitrogen and oxygen atoms in total. The highest BCUT2D eigenvalue weighted by molar-refractivity contribution is 5.95. The van der Waals surface area contributed by atoms with E-state index in [1.807, 2.05) is 42.5 Å². The molecule has 6 heteroatoms. The highest BCUT2D eigenvalue weighted by Gasteiger charge is 2.23. The number of nitrogens with one attached hydrogen (secondary N) is 2. The quantitative estimate of drug-likeness (QED) is 0.464. The maximum absolute atomic E-state index is 12.4. The molecule has 0 saturated heterocycles. The van der Waals surface area contributed by atoms with Crippen LogP contribution in [0.5, 0.6) is 0 Å². The molecular formula is C20H24N2O4. The van der Waals surface area contributed by atoms with Gasteiger partial charge in [0, 0.05) is 24.3 Å². The second-order valence-corrected chi connectivity index (χ2v) is 5.91. The number of carbonyl (C=O) groups excluding carboxylic acids is 1. The second kappa shape index (κ2) is 10.1. The zero-order valence-corrected chi connectivity index (χ0v) is 14.8. The van der Waals surface area contributed by atoms with Crippen molar-refractivity contribution in [3.8, 4) is 0 Å². The molecule has 1 amide bonds. The predicted molar refractivity (Wildman–Crippen MR) is 102 cm³/mol. The molecule has 0 aliphatic carbocycles. The summed E-state index contributed by atoms with van der Waals surface area (Å²) in [5.41, 5.74) is 2.38. The molecule has 0 spiro atoms. The molecule has 0 bridgehead atoms. The number of ether oxygens (including phenoxy) is 1. The van der Waals surface area contributed by atoms with Gasteiger partial charge in [-0.25, -0.2) is 4.79 Å². The van der Waals surface area contributed by atoms with Gasteiger partial charge in [0.1, 0.15) is 0 Å². The van der Waals surface area contributed by atoms with Crippen molar-refractivity contribution < 1.29 is 19.4 Å². The first-order valence-electron chi connectivity index (χ1n) is 8.66. The summed E-state index contributed by atoms with van der Waals surface area (Å²) in [4.78, 5) is 23.3. The Labute approximate surface area is 153 Å². The first kappa shape index (κ1) is 19.3. The van der Waals surface area contributed by atoms with E-state index < -0.39 is 18.2 Å². The van der Waals surface area contributed by atoms with Crippen molar-refractivity contribution in [2.75, 3.05) is 17.2 Å². The maximum atomic E-state index is 12.4. The van der Waals surface area contributed by atoms with Gasteiger partial charge in [0.15, 0.2) is 6.10 Å². The summed E-state index contributed by atoms with van der Waals surface area (Å²) in [5.74, 6) is -0.497. The smallest absolute Gasteiger partial charge is 0.450 e. The van der Waals surface area contributed by atoms with Gasteiger partial charge < -0.3 is 20.5 Å². The molecule has 1 unspecified atom stereocenters. The standard InChI is InChI=1S/C20H24N2O4/c1-2-3-13-21-16-9-11-17(12-10-16)22-19(23)18(26-20(24)25)14-15-7-5-4-6-8-15/h4-12,18,21H,2-3,13-14H2,1H3,(H,22,23)(H,24,25). The Morgan fingerprint density at radius 2 is 1.69 bits per heavy atom. The summed E-state index contributed by atoms with van der Waals surface area (Å²) in [7, 11) is 0. The van der Waals surface area contributed by atoms with Crippen molar-refractivity contribution in [1.29, 1.82) is 0 Å². The largest absolute Gasteiger partial charge is 0.506 e. The summed E-state index contributed by atoms with van der Waals surface area (Å²) in [6, 6.07) is 16.4. The third-order valence-electron chi connectivity index (χ3n) is 3.81. The van der Waals surface area contributed by atoms with Crippen LogP contribution >= 0.6 is 0 Å². The zero-order valence-electron chi connectivity index (χ0n) is 14.8. The van der Waals surface area contributed by atoms with Crippen LogP contribution in [0.2, 0.25) is 0 Å². The summed E-state index contributed by atoms with van der Waals surface area (Å²) in [6.45, 7) is 3.03. The van der Waals surface area contributed by atoms with Crippen LogP contribution in [0.25, 0.3) is 0 Å². The number of benzene rings is 2. The van der Waals surface area contributed by atoms with Gasteiger partial charge in [-0.3, -0.25) is 4.79 Å². The number of anilines is 2. The SMILES string of the molecule is CCCCNc1ccc(NC(=O)C(Cc2ccccc2)OC(=O)O)cc1. The molecule has 0 aromatic heterocycles. The fourth-order valence-corrected chi connectivity index (χ4v) is 2.44. The number of hydrogen-bond acceptors (Lipinski definition) is 4. The average molecular weight is 356 g/mol. The molecule has 2 rings (SSSR count).